The molecule has 1 aliphatic heterocycles. The second-order valence-corrected chi connectivity index (χ2v) is 4.14. The molecule has 1 saturated heterocycles. The molecule has 0 amide bonds. The fourth-order valence-corrected chi connectivity index (χ4v) is 1.71. The highest BCUT2D eigenvalue weighted by molar-refractivity contribution is 5.78. The highest BCUT2D eigenvalue weighted by Crippen LogP contribution is 2.13. The summed E-state index contributed by atoms with van der Waals surface area (Å²) >= 11 is 0. The van der Waals surface area contributed by atoms with E-state index in [0.29, 0.717) is 12.6 Å². The minimum Gasteiger partial charge on any atom is -0.467 e. The van der Waals surface area contributed by atoms with Gasteiger partial charge in [-0.1, -0.05) is 6.92 Å². The third-order valence-corrected chi connectivity index (χ3v) is 2.82. The van der Waals surface area contributed by atoms with Crippen LogP contribution in [-0.2, 0) is 9.53 Å². The maximum atomic E-state index is 11.3. The van der Waals surface area contributed by atoms with Gasteiger partial charge in [-0.25, -0.2) is 4.79 Å². The number of hydrogen-bond donors (Lipinski definition) is 2. The number of esters is 1. The highest BCUT2D eigenvalue weighted by atomic mass is 16.5. The van der Waals surface area contributed by atoms with Gasteiger partial charge in [0.1, 0.15) is 0 Å². The SMILES string of the molecule is CCN(CC(C)(O)C(=O)OC)C1CNC1. The average molecular weight is 216 g/mol. The maximum Gasteiger partial charge on any atom is 0.338 e. The molecular weight excluding hydrogens is 196 g/mol. The van der Waals surface area contributed by atoms with Crippen LogP contribution in [0.5, 0.6) is 0 Å². The summed E-state index contributed by atoms with van der Waals surface area (Å²) in [5, 5.41) is 13.1. The number of carbonyl (C=O) groups excluding carboxylic acids is 1. The predicted molar refractivity (Wildman–Crippen MR) is 56.5 cm³/mol. The number of ether oxygens (including phenoxy) is 1. The summed E-state index contributed by atoms with van der Waals surface area (Å²) in [6.45, 7) is 6.50. The monoisotopic (exact) mass is 216 g/mol. The van der Waals surface area contributed by atoms with Crippen molar-refractivity contribution in [1.29, 1.82) is 0 Å². The Hall–Kier alpha value is -0.650. The average Bonchev–Trinajstić information content (AvgIpc) is 2.12. The van der Waals surface area contributed by atoms with Gasteiger partial charge in [0.05, 0.1) is 7.11 Å². The van der Waals surface area contributed by atoms with Gasteiger partial charge < -0.3 is 15.2 Å². The summed E-state index contributed by atoms with van der Waals surface area (Å²) in [5.41, 5.74) is -1.42. The summed E-state index contributed by atoms with van der Waals surface area (Å²) in [4.78, 5) is 13.4. The molecule has 1 fully saturated rings. The topological polar surface area (TPSA) is 61.8 Å². The molecule has 88 valence electrons. The molecule has 0 saturated carbocycles. The van der Waals surface area contributed by atoms with Crippen LogP contribution in [0.3, 0.4) is 0 Å². The molecular formula is C10H20N2O3. The zero-order chi connectivity index (χ0) is 11.5. The zero-order valence-corrected chi connectivity index (χ0v) is 9.62. The van der Waals surface area contributed by atoms with Crippen molar-refractivity contribution in [1.82, 2.24) is 10.2 Å². The second kappa shape index (κ2) is 4.92. The number of hydrogen-bond acceptors (Lipinski definition) is 5. The molecule has 5 heteroatoms. The molecule has 15 heavy (non-hydrogen) atoms. The molecule has 0 aromatic heterocycles. The molecule has 1 atom stereocenters. The fourth-order valence-electron chi connectivity index (χ4n) is 1.71. The normalized spacial score (nSPS) is 20.9. The standard InChI is InChI=1S/C10H20N2O3/c1-4-12(8-5-11-6-8)7-10(2,14)9(13)15-3/h8,11,14H,4-7H2,1-3H3. The minimum atomic E-state index is -1.42. The fraction of sp³-hybridized carbons (Fsp3) is 0.900. The smallest absolute Gasteiger partial charge is 0.338 e. The Bertz CT molecular complexity index is 227. The Morgan fingerprint density at radius 1 is 1.67 bits per heavy atom. The van der Waals surface area contributed by atoms with Gasteiger partial charge in [-0.3, -0.25) is 4.90 Å². The lowest BCUT2D eigenvalue weighted by molar-refractivity contribution is -0.163. The number of methoxy groups -OCH3 is 1. The number of nitrogens with zero attached hydrogens (tertiary/aromatic N) is 1. The molecule has 0 aromatic carbocycles. The van der Waals surface area contributed by atoms with E-state index in [0.717, 1.165) is 19.6 Å². The van der Waals surface area contributed by atoms with Gasteiger partial charge >= 0.3 is 5.97 Å². The first-order valence-electron chi connectivity index (χ1n) is 5.27. The molecule has 0 aromatic rings. The number of carbonyl (C=O) groups is 1. The Morgan fingerprint density at radius 3 is 2.60 bits per heavy atom. The van der Waals surface area contributed by atoms with Crippen molar-refractivity contribution in [3.05, 3.63) is 0 Å². The predicted octanol–water partition coefficient (Wildman–Crippen LogP) is -0.796. The summed E-state index contributed by atoms with van der Waals surface area (Å²) in [6, 6.07) is 0.422. The van der Waals surface area contributed by atoms with Gasteiger partial charge in [0.25, 0.3) is 0 Å². The molecule has 0 bridgehead atoms. The van der Waals surface area contributed by atoms with E-state index >= 15 is 0 Å². The number of nitrogens with one attached hydrogen (secondary N) is 1. The number of rotatable bonds is 5. The molecule has 1 heterocycles. The van der Waals surface area contributed by atoms with Crippen LogP contribution >= 0.6 is 0 Å². The summed E-state index contributed by atoms with van der Waals surface area (Å²) in [6.07, 6.45) is 0. The van der Waals surface area contributed by atoms with Crippen LogP contribution in [0.15, 0.2) is 0 Å². The van der Waals surface area contributed by atoms with Crippen molar-refractivity contribution in [2.45, 2.75) is 25.5 Å². The minimum absolute atomic E-state index is 0.322. The van der Waals surface area contributed by atoms with Crippen LogP contribution in [0.4, 0.5) is 0 Å². The van der Waals surface area contributed by atoms with Crippen LogP contribution in [0.25, 0.3) is 0 Å². The van der Waals surface area contributed by atoms with Gasteiger partial charge in [-0.05, 0) is 13.5 Å². The third kappa shape index (κ3) is 2.90. The Labute approximate surface area is 90.4 Å². The Kier molecular flexibility index (Phi) is 4.07. The van der Waals surface area contributed by atoms with E-state index in [1.54, 1.807) is 0 Å². The van der Waals surface area contributed by atoms with Crippen molar-refractivity contribution >= 4 is 5.97 Å². The van der Waals surface area contributed by atoms with Gasteiger partial charge in [-0.2, -0.15) is 0 Å². The molecule has 0 aliphatic carbocycles. The van der Waals surface area contributed by atoms with E-state index in [-0.39, 0.29) is 0 Å². The molecule has 0 radical (unpaired) electrons. The molecule has 1 aliphatic rings. The summed E-state index contributed by atoms with van der Waals surface area (Å²) < 4.78 is 4.56. The van der Waals surface area contributed by atoms with E-state index in [9.17, 15) is 9.90 Å². The van der Waals surface area contributed by atoms with E-state index < -0.39 is 11.6 Å². The second-order valence-electron chi connectivity index (χ2n) is 4.14. The van der Waals surface area contributed by atoms with Crippen molar-refractivity contribution in [3.63, 3.8) is 0 Å². The van der Waals surface area contributed by atoms with Crippen LogP contribution in [0.1, 0.15) is 13.8 Å². The third-order valence-electron chi connectivity index (χ3n) is 2.82. The van der Waals surface area contributed by atoms with Gasteiger partial charge in [0.15, 0.2) is 5.60 Å². The molecule has 5 nitrogen and oxygen atoms in total. The summed E-state index contributed by atoms with van der Waals surface area (Å²) in [5.74, 6) is -0.576. The Balaban J connectivity index is 2.52. The van der Waals surface area contributed by atoms with E-state index in [2.05, 4.69) is 15.0 Å². The van der Waals surface area contributed by atoms with Crippen molar-refractivity contribution < 1.29 is 14.6 Å². The van der Waals surface area contributed by atoms with Crippen LogP contribution in [-0.4, -0.2) is 60.9 Å². The number of aliphatic hydroxyl groups is 1. The molecule has 0 spiro atoms. The van der Waals surface area contributed by atoms with Gasteiger partial charge in [0.2, 0.25) is 0 Å². The first kappa shape index (κ1) is 12.4. The van der Waals surface area contributed by atoms with Crippen LogP contribution in [0.2, 0.25) is 0 Å². The first-order valence-corrected chi connectivity index (χ1v) is 5.27. The van der Waals surface area contributed by atoms with Gasteiger partial charge in [-0.15, -0.1) is 0 Å². The van der Waals surface area contributed by atoms with E-state index in [4.69, 9.17) is 0 Å². The lowest BCUT2D eigenvalue weighted by Gasteiger charge is -2.40. The lowest BCUT2D eigenvalue weighted by Crippen LogP contribution is -2.61. The maximum absolute atomic E-state index is 11.3. The first-order chi connectivity index (χ1) is 7.01. The largest absolute Gasteiger partial charge is 0.467 e. The zero-order valence-electron chi connectivity index (χ0n) is 9.62. The molecule has 1 rings (SSSR count). The molecule has 2 N–H and O–H groups in total. The van der Waals surface area contributed by atoms with E-state index in [1.807, 2.05) is 6.92 Å². The van der Waals surface area contributed by atoms with Crippen molar-refractivity contribution in [3.8, 4) is 0 Å². The Morgan fingerprint density at radius 2 is 2.27 bits per heavy atom. The quantitative estimate of drug-likeness (QED) is 0.589. The highest BCUT2D eigenvalue weighted by Gasteiger charge is 2.36. The van der Waals surface area contributed by atoms with E-state index in [1.165, 1.54) is 14.0 Å². The van der Waals surface area contributed by atoms with Crippen molar-refractivity contribution in [2.24, 2.45) is 0 Å². The molecule has 1 unspecified atom stereocenters. The lowest BCUT2D eigenvalue weighted by atomic mass is 10.0. The van der Waals surface area contributed by atoms with Crippen LogP contribution < -0.4 is 5.32 Å². The summed E-state index contributed by atoms with van der Waals surface area (Å²) in [7, 11) is 1.29. The van der Waals surface area contributed by atoms with Crippen molar-refractivity contribution in [2.75, 3.05) is 33.3 Å². The van der Waals surface area contributed by atoms with Gasteiger partial charge in [0, 0.05) is 25.7 Å². The number of likely N-dealkylation sites (N-methyl/N-ethyl adjacent to an activating group) is 1. The van der Waals surface area contributed by atoms with Crippen LogP contribution in [0, 0.1) is 0 Å².